The standard InChI is InChI=1S/C15H31N3O2S/c1-5-16-14(17-12-15(3)9-6-7-10-15)18-13(2)8-11-21(4,19)20/h13H,5-12H2,1-4H3,(H2,16,17,18). The van der Waals surface area contributed by atoms with Gasteiger partial charge in [0.1, 0.15) is 9.84 Å². The summed E-state index contributed by atoms with van der Waals surface area (Å²) in [6.45, 7) is 7.98. The molecule has 1 rings (SSSR count). The third kappa shape index (κ3) is 7.69. The Bertz CT molecular complexity index is 440. The Hall–Kier alpha value is -0.780. The molecule has 1 atom stereocenters. The molecule has 0 aromatic heterocycles. The van der Waals surface area contributed by atoms with Gasteiger partial charge in [-0.2, -0.15) is 0 Å². The molecule has 1 aliphatic rings. The van der Waals surface area contributed by atoms with E-state index < -0.39 is 9.84 Å². The van der Waals surface area contributed by atoms with E-state index in [1.807, 2.05) is 13.8 Å². The van der Waals surface area contributed by atoms with Gasteiger partial charge >= 0.3 is 0 Å². The fourth-order valence-corrected chi connectivity index (χ4v) is 3.45. The van der Waals surface area contributed by atoms with E-state index >= 15 is 0 Å². The van der Waals surface area contributed by atoms with E-state index in [4.69, 9.17) is 4.99 Å². The molecule has 124 valence electrons. The maximum absolute atomic E-state index is 11.2. The summed E-state index contributed by atoms with van der Waals surface area (Å²) in [6.07, 6.45) is 6.99. The van der Waals surface area contributed by atoms with Crippen LogP contribution in [0, 0.1) is 5.41 Å². The summed E-state index contributed by atoms with van der Waals surface area (Å²) in [5.74, 6) is 1.00. The van der Waals surface area contributed by atoms with Gasteiger partial charge in [-0.15, -0.1) is 0 Å². The van der Waals surface area contributed by atoms with Crippen LogP contribution >= 0.6 is 0 Å². The van der Waals surface area contributed by atoms with Crippen molar-refractivity contribution in [3.05, 3.63) is 0 Å². The van der Waals surface area contributed by atoms with Crippen molar-refractivity contribution in [3.63, 3.8) is 0 Å². The molecule has 0 saturated heterocycles. The van der Waals surface area contributed by atoms with Gasteiger partial charge in [-0.05, 0) is 38.5 Å². The number of nitrogens with one attached hydrogen (secondary N) is 2. The Morgan fingerprint density at radius 1 is 1.33 bits per heavy atom. The molecule has 2 N–H and O–H groups in total. The molecule has 0 aliphatic heterocycles. The van der Waals surface area contributed by atoms with Crippen molar-refractivity contribution in [1.82, 2.24) is 10.6 Å². The van der Waals surface area contributed by atoms with Crippen molar-refractivity contribution in [1.29, 1.82) is 0 Å². The van der Waals surface area contributed by atoms with E-state index in [-0.39, 0.29) is 11.8 Å². The molecular formula is C15H31N3O2S. The van der Waals surface area contributed by atoms with Crippen molar-refractivity contribution in [2.45, 2.75) is 58.9 Å². The lowest BCUT2D eigenvalue weighted by Crippen LogP contribution is -2.43. The zero-order chi connectivity index (χ0) is 15.9. The molecular weight excluding hydrogens is 286 g/mol. The molecule has 21 heavy (non-hydrogen) atoms. The van der Waals surface area contributed by atoms with Crippen LogP contribution in [0.5, 0.6) is 0 Å². The van der Waals surface area contributed by atoms with Crippen LogP contribution in [0.1, 0.15) is 52.9 Å². The highest BCUT2D eigenvalue weighted by molar-refractivity contribution is 7.90. The predicted molar refractivity (Wildman–Crippen MR) is 89.5 cm³/mol. The first kappa shape index (κ1) is 18.3. The maximum Gasteiger partial charge on any atom is 0.191 e. The fourth-order valence-electron chi connectivity index (χ4n) is 2.67. The topological polar surface area (TPSA) is 70.6 Å². The molecule has 1 fully saturated rings. The van der Waals surface area contributed by atoms with E-state index in [9.17, 15) is 8.42 Å². The predicted octanol–water partition coefficient (Wildman–Crippen LogP) is 1.95. The summed E-state index contributed by atoms with van der Waals surface area (Å²) >= 11 is 0. The van der Waals surface area contributed by atoms with Crippen molar-refractivity contribution in [2.24, 2.45) is 10.4 Å². The summed E-state index contributed by atoms with van der Waals surface area (Å²) in [5, 5.41) is 6.55. The quantitative estimate of drug-likeness (QED) is 0.556. The first-order valence-electron chi connectivity index (χ1n) is 7.97. The van der Waals surface area contributed by atoms with Gasteiger partial charge in [0, 0.05) is 25.4 Å². The minimum atomic E-state index is -2.90. The maximum atomic E-state index is 11.2. The minimum absolute atomic E-state index is 0.0916. The normalized spacial score (nSPS) is 20.3. The summed E-state index contributed by atoms with van der Waals surface area (Å²) < 4.78 is 22.4. The summed E-state index contributed by atoms with van der Waals surface area (Å²) in [6, 6.07) is 0.0916. The van der Waals surface area contributed by atoms with Crippen LogP contribution in [0.15, 0.2) is 4.99 Å². The highest BCUT2D eigenvalue weighted by Crippen LogP contribution is 2.37. The van der Waals surface area contributed by atoms with Gasteiger partial charge in [0.15, 0.2) is 5.96 Å². The smallest absolute Gasteiger partial charge is 0.191 e. The van der Waals surface area contributed by atoms with E-state index in [1.165, 1.54) is 31.9 Å². The summed E-state index contributed by atoms with van der Waals surface area (Å²) in [7, 11) is -2.90. The van der Waals surface area contributed by atoms with Gasteiger partial charge in [-0.1, -0.05) is 19.8 Å². The third-order valence-corrected chi connectivity index (χ3v) is 5.06. The van der Waals surface area contributed by atoms with Gasteiger partial charge in [-0.3, -0.25) is 4.99 Å². The van der Waals surface area contributed by atoms with E-state index in [0.717, 1.165) is 19.0 Å². The van der Waals surface area contributed by atoms with Crippen molar-refractivity contribution in [3.8, 4) is 0 Å². The van der Waals surface area contributed by atoms with Gasteiger partial charge in [-0.25, -0.2) is 8.42 Å². The SMILES string of the molecule is CCNC(=NCC1(C)CCCC1)NC(C)CCS(C)(=O)=O. The number of hydrogen-bond donors (Lipinski definition) is 2. The zero-order valence-electron chi connectivity index (χ0n) is 13.9. The summed E-state index contributed by atoms with van der Waals surface area (Å²) in [5.41, 5.74) is 0.332. The Kier molecular flexibility index (Phi) is 6.97. The molecule has 0 amide bonds. The van der Waals surface area contributed by atoms with Crippen LogP contribution in [0.2, 0.25) is 0 Å². The second-order valence-corrected chi connectivity index (χ2v) is 8.94. The monoisotopic (exact) mass is 317 g/mol. The molecule has 0 aromatic rings. The Morgan fingerprint density at radius 2 is 1.95 bits per heavy atom. The van der Waals surface area contributed by atoms with E-state index in [1.54, 1.807) is 0 Å². The number of rotatable bonds is 7. The molecule has 1 saturated carbocycles. The minimum Gasteiger partial charge on any atom is -0.357 e. The van der Waals surface area contributed by atoms with E-state index in [2.05, 4.69) is 17.6 Å². The van der Waals surface area contributed by atoms with Crippen LogP contribution in [-0.4, -0.2) is 45.5 Å². The van der Waals surface area contributed by atoms with Crippen LogP contribution in [0.25, 0.3) is 0 Å². The average Bonchev–Trinajstić information content (AvgIpc) is 2.81. The van der Waals surface area contributed by atoms with Crippen molar-refractivity contribution >= 4 is 15.8 Å². The van der Waals surface area contributed by atoms with Gasteiger partial charge in [0.25, 0.3) is 0 Å². The lowest BCUT2D eigenvalue weighted by molar-refractivity contribution is 0.350. The third-order valence-electron chi connectivity index (χ3n) is 4.08. The van der Waals surface area contributed by atoms with Crippen LogP contribution in [-0.2, 0) is 9.84 Å². The van der Waals surface area contributed by atoms with Crippen LogP contribution in [0.3, 0.4) is 0 Å². The highest BCUT2D eigenvalue weighted by atomic mass is 32.2. The number of hydrogen-bond acceptors (Lipinski definition) is 3. The lowest BCUT2D eigenvalue weighted by Gasteiger charge is -2.23. The lowest BCUT2D eigenvalue weighted by atomic mass is 9.89. The second-order valence-electron chi connectivity index (χ2n) is 6.68. The fraction of sp³-hybridized carbons (Fsp3) is 0.933. The highest BCUT2D eigenvalue weighted by Gasteiger charge is 2.28. The molecule has 0 spiro atoms. The Balaban J connectivity index is 2.51. The molecule has 0 radical (unpaired) electrons. The first-order valence-corrected chi connectivity index (χ1v) is 10.0. The van der Waals surface area contributed by atoms with E-state index in [0.29, 0.717) is 11.8 Å². The molecule has 6 heteroatoms. The average molecular weight is 317 g/mol. The molecule has 0 aromatic carbocycles. The van der Waals surface area contributed by atoms with Gasteiger partial charge < -0.3 is 10.6 Å². The van der Waals surface area contributed by atoms with Crippen LogP contribution in [0.4, 0.5) is 0 Å². The molecule has 5 nitrogen and oxygen atoms in total. The van der Waals surface area contributed by atoms with Crippen molar-refractivity contribution in [2.75, 3.05) is 25.1 Å². The summed E-state index contributed by atoms with van der Waals surface area (Å²) in [4.78, 5) is 4.70. The van der Waals surface area contributed by atoms with Crippen molar-refractivity contribution < 1.29 is 8.42 Å². The molecule has 1 aliphatic carbocycles. The first-order chi connectivity index (χ1) is 9.74. The molecule has 0 heterocycles. The second kappa shape index (κ2) is 8.01. The van der Waals surface area contributed by atoms with Crippen LogP contribution < -0.4 is 10.6 Å². The molecule has 0 bridgehead atoms. The van der Waals surface area contributed by atoms with Gasteiger partial charge in [0.05, 0.1) is 5.75 Å². The molecule has 1 unspecified atom stereocenters. The Morgan fingerprint density at radius 3 is 2.48 bits per heavy atom. The van der Waals surface area contributed by atoms with Gasteiger partial charge in [0.2, 0.25) is 0 Å². The number of sulfone groups is 1. The Labute approximate surface area is 129 Å². The number of guanidine groups is 1. The number of nitrogens with zero attached hydrogens (tertiary/aromatic N) is 1. The number of aliphatic imine (C=N–C) groups is 1. The zero-order valence-corrected chi connectivity index (χ0v) is 14.7. The largest absolute Gasteiger partial charge is 0.357 e.